The Morgan fingerprint density at radius 3 is 2.15 bits per heavy atom. The van der Waals surface area contributed by atoms with Crippen LogP contribution in [0, 0.1) is 32.1 Å². The predicted octanol–water partition coefficient (Wildman–Crippen LogP) is 2.85. The zero-order valence-electron chi connectivity index (χ0n) is 12.0. The fourth-order valence-electron chi connectivity index (χ4n) is 2.41. The van der Waals surface area contributed by atoms with E-state index in [1.54, 1.807) is 14.0 Å². The van der Waals surface area contributed by atoms with Gasteiger partial charge in [0.15, 0.2) is 0 Å². The lowest BCUT2D eigenvalue weighted by Crippen LogP contribution is -2.12. The first kappa shape index (κ1) is 13.9. The number of benzene rings is 1. The van der Waals surface area contributed by atoms with Crippen molar-refractivity contribution in [2.24, 2.45) is 0 Å². The highest BCUT2D eigenvalue weighted by Gasteiger charge is 2.10. The van der Waals surface area contributed by atoms with Crippen LogP contribution in [-0.4, -0.2) is 12.1 Å². The molecule has 0 atom stereocenters. The minimum atomic E-state index is -0.353. The highest BCUT2D eigenvalue weighted by molar-refractivity contribution is 5.65. The molecule has 0 amide bonds. The smallest absolute Gasteiger partial charge is 0.266 e. The van der Waals surface area contributed by atoms with E-state index in [4.69, 9.17) is 10.00 Å². The number of hydrogen-bond donors (Lipinski definition) is 1. The van der Waals surface area contributed by atoms with Crippen molar-refractivity contribution in [3.63, 3.8) is 0 Å². The molecule has 4 heteroatoms. The Balaban J connectivity index is 2.65. The molecule has 102 valence electrons. The molecular formula is C16H16N2O2. The third-order valence-electron chi connectivity index (χ3n) is 3.32. The maximum absolute atomic E-state index is 11.9. The van der Waals surface area contributed by atoms with Crippen molar-refractivity contribution in [3.8, 4) is 23.1 Å². The summed E-state index contributed by atoms with van der Waals surface area (Å²) < 4.78 is 5.34. The van der Waals surface area contributed by atoms with Gasteiger partial charge in [0.25, 0.3) is 5.56 Å². The molecule has 1 N–H and O–H groups in total. The van der Waals surface area contributed by atoms with Gasteiger partial charge in [0.2, 0.25) is 0 Å². The summed E-state index contributed by atoms with van der Waals surface area (Å²) in [4.78, 5) is 14.6. The summed E-state index contributed by atoms with van der Waals surface area (Å²) in [5.41, 5.74) is 4.11. The number of nitrogens with zero attached hydrogens (tertiary/aromatic N) is 1. The molecule has 0 radical (unpaired) electrons. The minimum absolute atomic E-state index is 0.163. The standard InChI is InChI=1S/C16H16N2O2/c1-9-7-14(18-16(19)13(9)8-17)12-5-10(2)15(20-4)11(3)6-12/h5-7H,1-4H3,(H,18,19). The number of rotatable bonds is 2. The summed E-state index contributed by atoms with van der Waals surface area (Å²) in [6.45, 7) is 5.69. The second-order valence-corrected chi connectivity index (χ2v) is 4.83. The van der Waals surface area contributed by atoms with Crippen LogP contribution >= 0.6 is 0 Å². The lowest BCUT2D eigenvalue weighted by molar-refractivity contribution is 0.408. The van der Waals surface area contributed by atoms with Crippen molar-refractivity contribution >= 4 is 0 Å². The molecular weight excluding hydrogens is 252 g/mol. The molecule has 0 spiro atoms. The van der Waals surface area contributed by atoms with Crippen molar-refractivity contribution in [2.75, 3.05) is 7.11 Å². The van der Waals surface area contributed by atoms with E-state index in [0.29, 0.717) is 11.3 Å². The number of H-pyrrole nitrogens is 1. The molecule has 0 fully saturated rings. The monoisotopic (exact) mass is 268 g/mol. The summed E-state index contributed by atoms with van der Waals surface area (Å²) in [6, 6.07) is 7.66. The predicted molar refractivity (Wildman–Crippen MR) is 78.0 cm³/mol. The highest BCUT2D eigenvalue weighted by atomic mass is 16.5. The second kappa shape index (κ2) is 5.22. The maximum Gasteiger partial charge on any atom is 0.266 e. The minimum Gasteiger partial charge on any atom is -0.496 e. The van der Waals surface area contributed by atoms with Crippen LogP contribution in [0.3, 0.4) is 0 Å². The van der Waals surface area contributed by atoms with Gasteiger partial charge in [-0.1, -0.05) is 0 Å². The maximum atomic E-state index is 11.9. The molecule has 0 unspecified atom stereocenters. The average Bonchev–Trinajstić information content (AvgIpc) is 2.37. The van der Waals surface area contributed by atoms with Crippen molar-refractivity contribution in [3.05, 3.63) is 50.8 Å². The van der Waals surface area contributed by atoms with E-state index in [0.717, 1.165) is 22.4 Å². The van der Waals surface area contributed by atoms with Crippen LogP contribution in [0.25, 0.3) is 11.3 Å². The number of methoxy groups -OCH3 is 1. The third-order valence-corrected chi connectivity index (χ3v) is 3.32. The van der Waals surface area contributed by atoms with Gasteiger partial charge >= 0.3 is 0 Å². The Labute approximate surface area is 117 Å². The number of aromatic amines is 1. The first-order chi connectivity index (χ1) is 9.47. The van der Waals surface area contributed by atoms with E-state index in [-0.39, 0.29) is 11.1 Å². The number of aromatic nitrogens is 1. The Morgan fingerprint density at radius 1 is 1.10 bits per heavy atom. The number of nitriles is 1. The first-order valence-electron chi connectivity index (χ1n) is 6.27. The Hall–Kier alpha value is -2.54. The van der Waals surface area contributed by atoms with Crippen molar-refractivity contribution in [1.82, 2.24) is 4.98 Å². The van der Waals surface area contributed by atoms with Crippen LogP contribution in [-0.2, 0) is 0 Å². The number of aryl methyl sites for hydroxylation is 3. The molecule has 20 heavy (non-hydrogen) atoms. The van der Waals surface area contributed by atoms with Crippen LogP contribution in [0.4, 0.5) is 0 Å². The molecule has 4 nitrogen and oxygen atoms in total. The molecule has 2 aromatic rings. The Kier molecular flexibility index (Phi) is 3.62. The zero-order chi connectivity index (χ0) is 14.9. The number of pyridine rings is 1. The molecule has 0 saturated heterocycles. The van der Waals surface area contributed by atoms with E-state index in [9.17, 15) is 4.79 Å². The second-order valence-electron chi connectivity index (χ2n) is 4.83. The molecule has 1 heterocycles. The van der Waals surface area contributed by atoms with Crippen LogP contribution in [0.2, 0.25) is 0 Å². The van der Waals surface area contributed by atoms with Gasteiger partial charge in [0.05, 0.1) is 7.11 Å². The molecule has 0 saturated carbocycles. The largest absolute Gasteiger partial charge is 0.496 e. The van der Waals surface area contributed by atoms with E-state index in [2.05, 4.69) is 4.98 Å². The molecule has 0 aliphatic carbocycles. The zero-order valence-corrected chi connectivity index (χ0v) is 12.0. The van der Waals surface area contributed by atoms with Crippen LogP contribution in [0.15, 0.2) is 23.0 Å². The molecule has 1 aromatic carbocycles. The van der Waals surface area contributed by atoms with Gasteiger partial charge in [-0.3, -0.25) is 4.79 Å². The average molecular weight is 268 g/mol. The topological polar surface area (TPSA) is 65.9 Å². The molecule has 1 aromatic heterocycles. The summed E-state index contributed by atoms with van der Waals surface area (Å²) in [5, 5.41) is 8.93. The van der Waals surface area contributed by atoms with Gasteiger partial charge in [0.1, 0.15) is 17.4 Å². The summed E-state index contributed by atoms with van der Waals surface area (Å²) >= 11 is 0. The van der Waals surface area contributed by atoms with E-state index in [1.807, 2.05) is 38.1 Å². The third kappa shape index (κ3) is 2.30. The lowest BCUT2D eigenvalue weighted by Gasteiger charge is -2.12. The molecule has 0 aliphatic rings. The van der Waals surface area contributed by atoms with Crippen LogP contribution < -0.4 is 10.3 Å². The quantitative estimate of drug-likeness (QED) is 0.910. The van der Waals surface area contributed by atoms with Crippen LogP contribution in [0.1, 0.15) is 22.3 Å². The van der Waals surface area contributed by atoms with Gasteiger partial charge in [-0.15, -0.1) is 0 Å². The van der Waals surface area contributed by atoms with E-state index in [1.165, 1.54) is 0 Å². The molecule has 0 bridgehead atoms. The fourth-order valence-corrected chi connectivity index (χ4v) is 2.41. The number of nitrogens with one attached hydrogen (secondary N) is 1. The van der Waals surface area contributed by atoms with Crippen molar-refractivity contribution in [2.45, 2.75) is 20.8 Å². The Morgan fingerprint density at radius 2 is 1.70 bits per heavy atom. The van der Waals surface area contributed by atoms with Crippen molar-refractivity contribution in [1.29, 1.82) is 5.26 Å². The fraction of sp³-hybridized carbons (Fsp3) is 0.250. The van der Waals surface area contributed by atoms with Crippen molar-refractivity contribution < 1.29 is 4.74 Å². The number of ether oxygens (including phenoxy) is 1. The summed E-state index contributed by atoms with van der Waals surface area (Å²) in [5.74, 6) is 0.849. The SMILES string of the molecule is COc1c(C)cc(-c2cc(C)c(C#N)c(=O)[nH]2)cc1C. The summed E-state index contributed by atoms with van der Waals surface area (Å²) in [7, 11) is 1.64. The van der Waals surface area contributed by atoms with E-state index < -0.39 is 0 Å². The first-order valence-corrected chi connectivity index (χ1v) is 6.27. The van der Waals surface area contributed by atoms with Gasteiger partial charge in [0, 0.05) is 5.69 Å². The normalized spacial score (nSPS) is 10.2. The summed E-state index contributed by atoms with van der Waals surface area (Å²) in [6.07, 6.45) is 0. The highest BCUT2D eigenvalue weighted by Crippen LogP contribution is 2.29. The lowest BCUT2D eigenvalue weighted by atomic mass is 10.0. The number of hydrogen-bond acceptors (Lipinski definition) is 3. The van der Waals surface area contributed by atoms with Gasteiger partial charge < -0.3 is 9.72 Å². The van der Waals surface area contributed by atoms with E-state index >= 15 is 0 Å². The molecule has 0 aliphatic heterocycles. The Bertz CT molecular complexity index is 744. The van der Waals surface area contributed by atoms with Gasteiger partial charge in [-0.05, 0) is 61.2 Å². The van der Waals surface area contributed by atoms with Crippen LogP contribution in [0.5, 0.6) is 5.75 Å². The van der Waals surface area contributed by atoms with Gasteiger partial charge in [-0.25, -0.2) is 0 Å². The molecule has 2 rings (SSSR count). The van der Waals surface area contributed by atoms with Gasteiger partial charge in [-0.2, -0.15) is 5.26 Å².